The minimum absolute atomic E-state index is 0.0864. The van der Waals surface area contributed by atoms with Gasteiger partial charge in [0.05, 0.1) is 4.92 Å². The van der Waals surface area contributed by atoms with E-state index in [1.54, 1.807) is 12.1 Å². The molecular weight excluding hydrogens is 344 g/mol. The van der Waals surface area contributed by atoms with E-state index in [0.717, 1.165) is 21.3 Å². The normalized spacial score (nSPS) is 10.3. The molecular formula is C14H12BrClN2O2. The van der Waals surface area contributed by atoms with Crippen LogP contribution < -0.4 is 5.32 Å². The minimum atomic E-state index is -0.496. The Kier molecular flexibility index (Phi) is 4.62. The van der Waals surface area contributed by atoms with Crippen molar-refractivity contribution in [2.45, 2.75) is 13.5 Å². The number of nitro groups is 1. The predicted molar refractivity (Wildman–Crippen MR) is 84.3 cm³/mol. The van der Waals surface area contributed by atoms with Gasteiger partial charge in [-0.05, 0) is 36.2 Å². The van der Waals surface area contributed by atoms with Crippen molar-refractivity contribution in [2.24, 2.45) is 0 Å². The number of benzene rings is 2. The molecule has 0 spiro atoms. The molecule has 0 saturated heterocycles. The number of nitrogens with one attached hydrogen (secondary N) is 1. The van der Waals surface area contributed by atoms with Crippen LogP contribution in [0.1, 0.15) is 11.1 Å². The first-order valence-corrected chi connectivity index (χ1v) is 7.07. The molecule has 6 heteroatoms. The molecule has 4 nitrogen and oxygen atoms in total. The average Bonchev–Trinajstić information content (AvgIpc) is 2.40. The fraction of sp³-hybridized carbons (Fsp3) is 0.143. The second-order valence-electron chi connectivity index (χ2n) is 4.36. The highest BCUT2D eigenvalue weighted by Gasteiger charge is 2.11. The Morgan fingerprint density at radius 1 is 1.30 bits per heavy atom. The summed E-state index contributed by atoms with van der Waals surface area (Å²) in [6.45, 7) is 2.65. The van der Waals surface area contributed by atoms with Crippen LogP contribution in [-0.2, 0) is 6.54 Å². The summed E-state index contributed by atoms with van der Waals surface area (Å²) in [5.74, 6) is 0. The second-order valence-corrected chi connectivity index (χ2v) is 5.62. The number of anilines is 1. The third-order valence-electron chi connectivity index (χ3n) is 2.86. The van der Waals surface area contributed by atoms with Crippen LogP contribution in [0, 0.1) is 17.0 Å². The van der Waals surface area contributed by atoms with Crippen molar-refractivity contribution in [3.05, 3.63) is 67.1 Å². The van der Waals surface area contributed by atoms with Crippen molar-refractivity contribution < 1.29 is 4.92 Å². The summed E-state index contributed by atoms with van der Waals surface area (Å²) >= 11 is 9.32. The Morgan fingerprint density at radius 3 is 2.65 bits per heavy atom. The van der Waals surface area contributed by atoms with Crippen molar-refractivity contribution in [3.63, 3.8) is 0 Å². The van der Waals surface area contributed by atoms with Gasteiger partial charge in [-0.1, -0.05) is 39.7 Å². The van der Waals surface area contributed by atoms with Gasteiger partial charge in [0.25, 0.3) is 5.69 Å². The average molecular weight is 356 g/mol. The van der Waals surface area contributed by atoms with Crippen LogP contribution in [0.15, 0.2) is 40.9 Å². The van der Waals surface area contributed by atoms with Gasteiger partial charge in [-0.3, -0.25) is 10.1 Å². The Hall–Kier alpha value is -1.59. The lowest BCUT2D eigenvalue weighted by molar-refractivity contribution is -0.384. The monoisotopic (exact) mass is 354 g/mol. The van der Waals surface area contributed by atoms with Crippen LogP contribution in [0.5, 0.6) is 0 Å². The van der Waals surface area contributed by atoms with Crippen LogP contribution in [0.25, 0.3) is 0 Å². The van der Waals surface area contributed by atoms with Gasteiger partial charge in [-0.2, -0.15) is 0 Å². The molecule has 104 valence electrons. The highest BCUT2D eigenvalue weighted by atomic mass is 79.9. The number of nitrogens with zero attached hydrogens (tertiary/aromatic N) is 1. The zero-order valence-corrected chi connectivity index (χ0v) is 13.0. The number of aryl methyl sites for hydroxylation is 1. The molecule has 0 saturated carbocycles. The maximum absolute atomic E-state index is 10.7. The van der Waals surface area contributed by atoms with Gasteiger partial charge in [-0.25, -0.2) is 0 Å². The lowest BCUT2D eigenvalue weighted by Gasteiger charge is -2.08. The molecule has 20 heavy (non-hydrogen) atoms. The molecule has 0 heterocycles. The lowest BCUT2D eigenvalue weighted by Crippen LogP contribution is -2.00. The van der Waals surface area contributed by atoms with Crippen LogP contribution >= 0.6 is 27.5 Å². The topological polar surface area (TPSA) is 55.2 Å². The zero-order chi connectivity index (χ0) is 14.7. The van der Waals surface area contributed by atoms with Crippen molar-refractivity contribution >= 4 is 38.9 Å². The molecule has 0 aliphatic rings. The first-order valence-electron chi connectivity index (χ1n) is 5.90. The number of halogens is 2. The first kappa shape index (κ1) is 14.8. The van der Waals surface area contributed by atoms with E-state index >= 15 is 0 Å². The molecule has 0 amide bonds. The maximum atomic E-state index is 10.7. The SMILES string of the molecule is Cc1cc(CNc2ccc([N+](=O)[O-])c(Cl)c2)ccc1Br. The van der Waals surface area contributed by atoms with E-state index in [2.05, 4.69) is 27.3 Å². The van der Waals surface area contributed by atoms with E-state index in [0.29, 0.717) is 6.54 Å². The fourth-order valence-electron chi connectivity index (χ4n) is 1.79. The zero-order valence-electron chi connectivity index (χ0n) is 10.7. The molecule has 0 atom stereocenters. The van der Waals surface area contributed by atoms with Crippen LogP contribution in [0.2, 0.25) is 5.02 Å². The van der Waals surface area contributed by atoms with Gasteiger partial charge in [0.15, 0.2) is 0 Å². The molecule has 2 aromatic rings. The summed E-state index contributed by atoms with van der Waals surface area (Å²) in [7, 11) is 0. The van der Waals surface area contributed by atoms with Gasteiger partial charge in [0, 0.05) is 22.8 Å². The summed E-state index contributed by atoms with van der Waals surface area (Å²) in [4.78, 5) is 10.2. The van der Waals surface area contributed by atoms with E-state index in [1.165, 1.54) is 6.07 Å². The molecule has 2 rings (SSSR count). The number of nitro benzene ring substituents is 1. The standard InChI is InChI=1S/C14H12BrClN2O2/c1-9-6-10(2-4-12(9)15)8-17-11-3-5-14(18(19)20)13(16)7-11/h2-7,17H,8H2,1H3. The Labute approximate surface area is 130 Å². The van der Waals surface area contributed by atoms with Gasteiger partial charge in [-0.15, -0.1) is 0 Å². The fourth-order valence-corrected chi connectivity index (χ4v) is 2.28. The summed E-state index contributed by atoms with van der Waals surface area (Å²) in [5.41, 5.74) is 2.95. The summed E-state index contributed by atoms with van der Waals surface area (Å²) < 4.78 is 1.07. The molecule has 0 bridgehead atoms. The van der Waals surface area contributed by atoms with E-state index in [-0.39, 0.29) is 10.7 Å². The van der Waals surface area contributed by atoms with Crippen molar-refractivity contribution in [3.8, 4) is 0 Å². The highest BCUT2D eigenvalue weighted by Crippen LogP contribution is 2.27. The Bertz CT molecular complexity index is 662. The summed E-state index contributed by atoms with van der Waals surface area (Å²) in [6.07, 6.45) is 0. The van der Waals surface area contributed by atoms with Crippen molar-refractivity contribution in [1.29, 1.82) is 0 Å². The largest absolute Gasteiger partial charge is 0.381 e. The third kappa shape index (κ3) is 3.49. The summed E-state index contributed by atoms with van der Waals surface area (Å²) in [5, 5.41) is 14.0. The van der Waals surface area contributed by atoms with Gasteiger partial charge in [0.2, 0.25) is 0 Å². The van der Waals surface area contributed by atoms with Crippen LogP contribution in [0.3, 0.4) is 0 Å². The van der Waals surface area contributed by atoms with Crippen molar-refractivity contribution in [1.82, 2.24) is 0 Å². The highest BCUT2D eigenvalue weighted by molar-refractivity contribution is 9.10. The van der Waals surface area contributed by atoms with E-state index in [4.69, 9.17) is 11.6 Å². The molecule has 0 fully saturated rings. The van der Waals surface area contributed by atoms with Crippen LogP contribution in [-0.4, -0.2) is 4.92 Å². The Balaban J connectivity index is 2.09. The lowest BCUT2D eigenvalue weighted by atomic mass is 10.1. The quantitative estimate of drug-likeness (QED) is 0.625. The molecule has 0 unspecified atom stereocenters. The summed E-state index contributed by atoms with van der Waals surface area (Å²) in [6, 6.07) is 10.7. The second kappa shape index (κ2) is 6.24. The molecule has 0 aliphatic carbocycles. The number of hydrogen-bond donors (Lipinski definition) is 1. The number of rotatable bonds is 4. The Morgan fingerprint density at radius 2 is 2.05 bits per heavy atom. The maximum Gasteiger partial charge on any atom is 0.288 e. The molecule has 0 aromatic heterocycles. The first-order chi connectivity index (χ1) is 9.47. The van der Waals surface area contributed by atoms with E-state index < -0.39 is 4.92 Å². The van der Waals surface area contributed by atoms with Gasteiger partial charge >= 0.3 is 0 Å². The smallest absolute Gasteiger partial charge is 0.288 e. The molecule has 1 N–H and O–H groups in total. The minimum Gasteiger partial charge on any atom is -0.381 e. The van der Waals surface area contributed by atoms with Gasteiger partial charge in [0.1, 0.15) is 5.02 Å². The molecule has 0 radical (unpaired) electrons. The van der Waals surface area contributed by atoms with E-state index in [9.17, 15) is 10.1 Å². The van der Waals surface area contributed by atoms with Crippen LogP contribution in [0.4, 0.5) is 11.4 Å². The van der Waals surface area contributed by atoms with E-state index in [1.807, 2.05) is 19.1 Å². The third-order valence-corrected chi connectivity index (χ3v) is 4.06. The molecule has 2 aromatic carbocycles. The van der Waals surface area contributed by atoms with Crippen molar-refractivity contribution in [2.75, 3.05) is 5.32 Å². The number of hydrogen-bond acceptors (Lipinski definition) is 3. The molecule has 0 aliphatic heterocycles. The predicted octanol–water partition coefficient (Wildman–Crippen LogP) is 4.93. The van der Waals surface area contributed by atoms with Gasteiger partial charge < -0.3 is 5.32 Å².